The van der Waals surface area contributed by atoms with E-state index in [9.17, 15) is 9.59 Å². The summed E-state index contributed by atoms with van der Waals surface area (Å²) in [6, 6.07) is 8.12. The first-order valence-corrected chi connectivity index (χ1v) is 9.32. The largest absolute Gasteiger partial charge is 0.497 e. The van der Waals surface area contributed by atoms with Gasteiger partial charge >= 0.3 is 0 Å². The molecule has 0 bridgehead atoms. The highest BCUT2D eigenvalue weighted by Gasteiger charge is 2.27. The molecule has 2 aromatic rings. The third kappa shape index (κ3) is 4.31. The summed E-state index contributed by atoms with van der Waals surface area (Å²) < 4.78 is 10.4. The van der Waals surface area contributed by atoms with Gasteiger partial charge in [-0.15, -0.1) is 0 Å². The molecule has 7 nitrogen and oxygen atoms in total. The van der Waals surface area contributed by atoms with E-state index in [1.165, 1.54) is 20.3 Å². The second-order valence-corrected chi connectivity index (χ2v) is 6.90. The summed E-state index contributed by atoms with van der Waals surface area (Å²) in [6.45, 7) is 1.60. The van der Waals surface area contributed by atoms with E-state index in [4.69, 9.17) is 32.7 Å². The number of amides is 2. The second-order valence-electron chi connectivity index (χ2n) is 6.16. The minimum absolute atomic E-state index is 0.0690. The van der Waals surface area contributed by atoms with Crippen molar-refractivity contribution in [2.45, 2.75) is 0 Å². The molecule has 0 saturated carbocycles. The maximum atomic E-state index is 12.8. The van der Waals surface area contributed by atoms with E-state index in [0.29, 0.717) is 48.8 Å². The minimum atomic E-state index is -0.232. The predicted octanol–water partition coefficient (Wildman–Crippen LogP) is 3.00. The highest BCUT2D eigenvalue weighted by atomic mass is 35.5. The number of nitrogens with zero attached hydrogens (tertiary/aromatic N) is 3. The molecule has 1 fully saturated rings. The fraction of sp³-hybridized carbons (Fsp3) is 0.316. The lowest BCUT2D eigenvalue weighted by molar-refractivity contribution is 0.0535. The number of aromatic nitrogens is 1. The molecule has 28 heavy (non-hydrogen) atoms. The summed E-state index contributed by atoms with van der Waals surface area (Å²) in [5, 5.41) is 0.296. The molecule has 0 radical (unpaired) electrons. The van der Waals surface area contributed by atoms with Gasteiger partial charge in [0.1, 0.15) is 21.8 Å². The topological polar surface area (TPSA) is 72.0 Å². The summed E-state index contributed by atoms with van der Waals surface area (Å²) in [7, 11) is 3.06. The monoisotopic (exact) mass is 423 g/mol. The van der Waals surface area contributed by atoms with Crippen LogP contribution in [0.25, 0.3) is 0 Å². The maximum absolute atomic E-state index is 12.8. The number of benzene rings is 1. The zero-order valence-corrected chi connectivity index (χ0v) is 17.0. The zero-order valence-electron chi connectivity index (χ0n) is 15.4. The molecule has 148 valence electrons. The van der Waals surface area contributed by atoms with Crippen molar-refractivity contribution in [3.63, 3.8) is 0 Å². The van der Waals surface area contributed by atoms with Crippen LogP contribution in [-0.4, -0.2) is 67.0 Å². The number of rotatable bonds is 4. The van der Waals surface area contributed by atoms with Gasteiger partial charge in [0.05, 0.1) is 19.8 Å². The van der Waals surface area contributed by atoms with Crippen LogP contribution in [0.2, 0.25) is 10.3 Å². The van der Waals surface area contributed by atoms with Crippen LogP contribution in [0.3, 0.4) is 0 Å². The molecule has 3 rings (SSSR count). The summed E-state index contributed by atoms with van der Waals surface area (Å²) in [5.74, 6) is 0.711. The summed E-state index contributed by atoms with van der Waals surface area (Å²) >= 11 is 11.8. The molecule has 1 aliphatic heterocycles. The number of methoxy groups -OCH3 is 2. The minimum Gasteiger partial charge on any atom is -0.497 e. The van der Waals surface area contributed by atoms with Crippen molar-refractivity contribution in [1.82, 2.24) is 14.8 Å². The van der Waals surface area contributed by atoms with Crippen molar-refractivity contribution in [1.29, 1.82) is 0 Å². The zero-order chi connectivity index (χ0) is 20.3. The van der Waals surface area contributed by atoms with E-state index in [1.807, 2.05) is 0 Å². The molecule has 1 saturated heterocycles. The molecule has 0 atom stereocenters. The second kappa shape index (κ2) is 8.67. The Kier molecular flexibility index (Phi) is 6.26. The Morgan fingerprint density at radius 1 is 0.893 bits per heavy atom. The van der Waals surface area contributed by atoms with Gasteiger partial charge in [-0.25, -0.2) is 4.98 Å². The lowest BCUT2D eigenvalue weighted by atomic mass is 10.1. The van der Waals surface area contributed by atoms with Gasteiger partial charge in [0, 0.05) is 37.8 Å². The van der Waals surface area contributed by atoms with Crippen molar-refractivity contribution in [2.75, 3.05) is 40.4 Å². The Bertz CT molecular complexity index is 876. The average molecular weight is 424 g/mol. The molecule has 0 spiro atoms. The van der Waals surface area contributed by atoms with Crippen LogP contribution in [0.5, 0.6) is 11.5 Å². The number of piperazine rings is 1. The van der Waals surface area contributed by atoms with E-state index in [1.54, 1.807) is 34.1 Å². The van der Waals surface area contributed by atoms with Crippen molar-refractivity contribution in [2.24, 2.45) is 0 Å². The van der Waals surface area contributed by atoms with Crippen LogP contribution in [0.4, 0.5) is 0 Å². The van der Waals surface area contributed by atoms with Crippen LogP contribution in [0, 0.1) is 0 Å². The Morgan fingerprint density at radius 3 is 1.93 bits per heavy atom. The van der Waals surface area contributed by atoms with Gasteiger partial charge < -0.3 is 19.3 Å². The summed E-state index contributed by atoms with van der Waals surface area (Å²) in [5.41, 5.74) is 0.768. The Hall–Kier alpha value is -2.51. The number of carbonyl (C=O) groups excluding carboxylic acids is 2. The van der Waals surface area contributed by atoms with E-state index >= 15 is 0 Å². The molecule has 0 aliphatic carbocycles. The number of ether oxygens (including phenoxy) is 2. The number of hydrogen-bond acceptors (Lipinski definition) is 5. The smallest absolute Gasteiger partial charge is 0.257 e. The number of pyridine rings is 1. The quantitative estimate of drug-likeness (QED) is 0.706. The third-order valence-corrected chi connectivity index (χ3v) is 5.00. The fourth-order valence-electron chi connectivity index (χ4n) is 2.97. The summed E-state index contributed by atoms with van der Waals surface area (Å²) in [6.07, 6.45) is 0. The van der Waals surface area contributed by atoms with Crippen LogP contribution in [0.1, 0.15) is 20.7 Å². The average Bonchev–Trinajstić information content (AvgIpc) is 2.72. The highest BCUT2D eigenvalue weighted by Crippen LogP contribution is 2.24. The molecular weight excluding hydrogens is 405 g/mol. The highest BCUT2D eigenvalue weighted by molar-refractivity contribution is 6.34. The van der Waals surface area contributed by atoms with Crippen molar-refractivity contribution in [3.05, 3.63) is 51.8 Å². The molecule has 0 N–H and O–H groups in total. The molecule has 1 aromatic heterocycles. The normalized spacial score (nSPS) is 14.0. The third-order valence-electron chi connectivity index (χ3n) is 4.50. The standard InChI is InChI=1S/C19H19Cl2N3O4/c1-27-13-9-12(10-14(11-13)28-2)18(25)23-5-7-24(8-6-23)19(26)15-3-4-16(20)22-17(15)21/h3-4,9-11H,5-8H2,1-2H3. The van der Waals surface area contributed by atoms with Crippen molar-refractivity contribution >= 4 is 35.0 Å². The fourth-order valence-corrected chi connectivity index (χ4v) is 3.39. The molecule has 2 amide bonds. The lowest BCUT2D eigenvalue weighted by Crippen LogP contribution is -2.50. The molecule has 9 heteroatoms. The van der Waals surface area contributed by atoms with Crippen LogP contribution in [-0.2, 0) is 0 Å². The number of hydrogen-bond donors (Lipinski definition) is 0. The predicted molar refractivity (Wildman–Crippen MR) is 106 cm³/mol. The SMILES string of the molecule is COc1cc(OC)cc(C(=O)N2CCN(C(=O)c3ccc(Cl)nc3Cl)CC2)c1. The maximum Gasteiger partial charge on any atom is 0.257 e. The van der Waals surface area contributed by atoms with Gasteiger partial charge in [0.25, 0.3) is 11.8 Å². The first-order chi connectivity index (χ1) is 13.4. The van der Waals surface area contributed by atoms with Gasteiger partial charge in [-0.05, 0) is 24.3 Å². The molecule has 2 heterocycles. The van der Waals surface area contributed by atoms with E-state index in [-0.39, 0.29) is 22.1 Å². The molecular formula is C19H19Cl2N3O4. The number of halogens is 2. The first kappa shape index (κ1) is 20.2. The van der Waals surface area contributed by atoms with Gasteiger partial charge in [0.15, 0.2) is 0 Å². The Balaban J connectivity index is 1.68. The lowest BCUT2D eigenvalue weighted by Gasteiger charge is -2.35. The molecule has 0 unspecified atom stereocenters. The van der Waals surface area contributed by atoms with Gasteiger partial charge in [-0.1, -0.05) is 23.2 Å². The van der Waals surface area contributed by atoms with E-state index < -0.39 is 0 Å². The summed E-state index contributed by atoms with van der Waals surface area (Å²) in [4.78, 5) is 32.7. The van der Waals surface area contributed by atoms with E-state index in [2.05, 4.69) is 4.98 Å². The van der Waals surface area contributed by atoms with Gasteiger partial charge in [-0.3, -0.25) is 9.59 Å². The van der Waals surface area contributed by atoms with Crippen LogP contribution >= 0.6 is 23.2 Å². The Labute approximate surface area is 172 Å². The van der Waals surface area contributed by atoms with E-state index in [0.717, 1.165) is 0 Å². The van der Waals surface area contributed by atoms with Crippen molar-refractivity contribution in [3.8, 4) is 11.5 Å². The van der Waals surface area contributed by atoms with Gasteiger partial charge in [-0.2, -0.15) is 0 Å². The van der Waals surface area contributed by atoms with Crippen LogP contribution in [0.15, 0.2) is 30.3 Å². The van der Waals surface area contributed by atoms with Crippen LogP contribution < -0.4 is 9.47 Å². The Morgan fingerprint density at radius 2 is 1.43 bits per heavy atom. The molecule has 1 aliphatic rings. The number of carbonyl (C=O) groups is 2. The molecule has 1 aromatic carbocycles. The van der Waals surface area contributed by atoms with Crippen molar-refractivity contribution < 1.29 is 19.1 Å². The first-order valence-electron chi connectivity index (χ1n) is 8.56. The van der Waals surface area contributed by atoms with Gasteiger partial charge in [0.2, 0.25) is 0 Å².